The molecule has 0 aliphatic carbocycles. The van der Waals surface area contributed by atoms with Gasteiger partial charge in [0.15, 0.2) is 0 Å². The number of nitrogens with one attached hydrogen (secondary N) is 2. The van der Waals surface area contributed by atoms with Gasteiger partial charge in [-0.3, -0.25) is 14.8 Å². The zero-order chi connectivity index (χ0) is 22.6. The van der Waals surface area contributed by atoms with E-state index in [1.165, 1.54) is 18.2 Å². The highest BCUT2D eigenvalue weighted by molar-refractivity contribution is 7.92. The Morgan fingerprint density at radius 3 is 2.50 bits per heavy atom. The molecule has 8 nitrogen and oxygen atoms in total. The van der Waals surface area contributed by atoms with Gasteiger partial charge in [-0.15, -0.1) is 0 Å². The number of anilines is 2. The molecule has 1 aromatic heterocycles. The van der Waals surface area contributed by atoms with Gasteiger partial charge in [0.1, 0.15) is 0 Å². The average molecular weight is 451 g/mol. The number of benzene rings is 3. The maximum atomic E-state index is 12.9. The van der Waals surface area contributed by atoms with Gasteiger partial charge in [0.05, 0.1) is 15.9 Å². The average Bonchev–Trinajstić information content (AvgIpc) is 3.15. The number of para-hydroxylation sites is 2. The molecule has 0 saturated carbocycles. The van der Waals surface area contributed by atoms with Crippen molar-refractivity contribution >= 4 is 38.6 Å². The number of amides is 1. The summed E-state index contributed by atoms with van der Waals surface area (Å²) >= 11 is 0. The predicted molar refractivity (Wildman–Crippen MR) is 123 cm³/mol. The van der Waals surface area contributed by atoms with Crippen LogP contribution in [0.15, 0.2) is 83.8 Å². The quantitative estimate of drug-likeness (QED) is 0.380. The van der Waals surface area contributed by atoms with E-state index in [2.05, 4.69) is 15.0 Å². The first-order valence-corrected chi connectivity index (χ1v) is 11.5. The zero-order valence-electron chi connectivity index (χ0n) is 17.1. The fourth-order valence-corrected chi connectivity index (χ4v) is 4.41. The number of imidazole rings is 1. The predicted octanol–water partition coefficient (Wildman–Crippen LogP) is 3.47. The first-order valence-electron chi connectivity index (χ1n) is 10.0. The number of aliphatic hydroxyl groups excluding tert-OH is 1. The van der Waals surface area contributed by atoms with Gasteiger partial charge in [-0.2, -0.15) is 0 Å². The monoisotopic (exact) mass is 450 g/mol. The van der Waals surface area contributed by atoms with Crippen molar-refractivity contribution in [2.75, 3.05) is 16.6 Å². The van der Waals surface area contributed by atoms with Gasteiger partial charge < -0.3 is 9.67 Å². The molecular weight excluding hydrogens is 428 g/mol. The van der Waals surface area contributed by atoms with Gasteiger partial charge in [0.2, 0.25) is 5.95 Å². The van der Waals surface area contributed by atoms with Crippen LogP contribution in [0.25, 0.3) is 11.0 Å². The second-order valence-electron chi connectivity index (χ2n) is 7.11. The lowest BCUT2D eigenvalue weighted by atomic mass is 10.2. The largest absolute Gasteiger partial charge is 0.396 e. The van der Waals surface area contributed by atoms with Gasteiger partial charge in [-0.25, -0.2) is 13.4 Å². The highest BCUT2D eigenvalue weighted by Crippen LogP contribution is 2.22. The molecule has 3 N–H and O–H groups in total. The van der Waals surface area contributed by atoms with Gasteiger partial charge in [0, 0.05) is 24.4 Å². The van der Waals surface area contributed by atoms with Gasteiger partial charge in [0.25, 0.3) is 15.9 Å². The number of aliphatic hydroxyl groups is 1. The minimum atomic E-state index is -3.77. The Bertz CT molecular complexity index is 1350. The van der Waals surface area contributed by atoms with E-state index in [9.17, 15) is 18.3 Å². The van der Waals surface area contributed by atoms with Crippen molar-refractivity contribution in [2.24, 2.45) is 0 Å². The van der Waals surface area contributed by atoms with E-state index >= 15 is 0 Å². The minimum Gasteiger partial charge on any atom is -0.396 e. The summed E-state index contributed by atoms with van der Waals surface area (Å²) in [4.78, 5) is 17.5. The Hall–Kier alpha value is -3.69. The number of sulfonamides is 1. The SMILES string of the molecule is O=C(Nc1nc2ccccc2n1CCCO)c1cccc(NS(=O)(=O)c2ccccc2)c1. The Labute approximate surface area is 185 Å². The smallest absolute Gasteiger partial charge is 0.261 e. The van der Waals surface area contributed by atoms with Crippen molar-refractivity contribution in [1.82, 2.24) is 9.55 Å². The maximum absolute atomic E-state index is 12.9. The molecule has 4 rings (SSSR count). The van der Waals surface area contributed by atoms with Crippen molar-refractivity contribution < 1.29 is 18.3 Å². The maximum Gasteiger partial charge on any atom is 0.261 e. The lowest BCUT2D eigenvalue weighted by Gasteiger charge is -2.11. The summed E-state index contributed by atoms with van der Waals surface area (Å²) in [5.41, 5.74) is 2.13. The number of hydrogen-bond donors (Lipinski definition) is 3. The zero-order valence-corrected chi connectivity index (χ0v) is 17.9. The third-order valence-electron chi connectivity index (χ3n) is 4.85. The molecule has 0 spiro atoms. The van der Waals surface area contributed by atoms with Gasteiger partial charge in [-0.05, 0) is 48.9 Å². The van der Waals surface area contributed by atoms with Crippen LogP contribution in [0.2, 0.25) is 0 Å². The summed E-state index contributed by atoms with van der Waals surface area (Å²) < 4.78 is 29.5. The van der Waals surface area contributed by atoms with Crippen LogP contribution >= 0.6 is 0 Å². The molecule has 0 fully saturated rings. The van der Waals surface area contributed by atoms with Crippen molar-refractivity contribution in [2.45, 2.75) is 17.9 Å². The molecule has 0 aliphatic rings. The molecule has 164 valence electrons. The van der Waals surface area contributed by atoms with E-state index < -0.39 is 15.9 Å². The summed E-state index contributed by atoms with van der Waals surface area (Å²) in [6.07, 6.45) is 0.514. The normalized spacial score (nSPS) is 11.4. The minimum absolute atomic E-state index is 0.0174. The van der Waals surface area contributed by atoms with Crippen LogP contribution in [0.3, 0.4) is 0 Å². The number of hydrogen-bond acceptors (Lipinski definition) is 5. The van der Waals surface area contributed by atoms with Crippen molar-refractivity contribution in [3.8, 4) is 0 Å². The molecule has 1 amide bonds. The molecule has 0 unspecified atom stereocenters. The summed E-state index contributed by atoms with van der Waals surface area (Å²) in [6.45, 7) is 0.507. The van der Waals surface area contributed by atoms with Crippen LogP contribution in [0.5, 0.6) is 0 Å². The number of fused-ring (bicyclic) bond motifs is 1. The second kappa shape index (κ2) is 9.21. The molecule has 3 aromatic carbocycles. The van der Waals surface area contributed by atoms with Crippen molar-refractivity contribution in [1.29, 1.82) is 0 Å². The molecule has 0 aliphatic heterocycles. The van der Waals surface area contributed by atoms with Crippen LogP contribution in [-0.4, -0.2) is 35.6 Å². The molecule has 0 bridgehead atoms. The molecule has 4 aromatic rings. The Balaban J connectivity index is 1.57. The van der Waals surface area contributed by atoms with E-state index in [0.29, 0.717) is 18.9 Å². The van der Waals surface area contributed by atoms with Gasteiger partial charge in [-0.1, -0.05) is 36.4 Å². The third-order valence-corrected chi connectivity index (χ3v) is 6.25. The number of aromatic nitrogens is 2. The Morgan fingerprint density at radius 1 is 0.969 bits per heavy atom. The van der Waals surface area contributed by atoms with E-state index in [-0.39, 0.29) is 22.8 Å². The molecular formula is C23H22N4O4S. The Morgan fingerprint density at radius 2 is 1.72 bits per heavy atom. The van der Waals surface area contributed by atoms with Crippen LogP contribution < -0.4 is 10.0 Å². The summed E-state index contributed by atoms with van der Waals surface area (Å²) in [7, 11) is -3.77. The van der Waals surface area contributed by atoms with Crippen molar-refractivity contribution in [3.63, 3.8) is 0 Å². The summed E-state index contributed by atoms with van der Waals surface area (Å²) in [6, 6.07) is 21.7. The lowest BCUT2D eigenvalue weighted by Crippen LogP contribution is -2.17. The first-order chi connectivity index (χ1) is 15.5. The number of carbonyl (C=O) groups is 1. The third kappa shape index (κ3) is 4.63. The van der Waals surface area contributed by atoms with Crippen LogP contribution in [0, 0.1) is 0 Å². The molecule has 0 atom stereocenters. The van der Waals surface area contributed by atoms with E-state index in [1.54, 1.807) is 36.4 Å². The van der Waals surface area contributed by atoms with Crippen LogP contribution in [0.1, 0.15) is 16.8 Å². The first kappa shape index (κ1) is 21.5. The van der Waals surface area contributed by atoms with E-state index in [4.69, 9.17) is 0 Å². The van der Waals surface area contributed by atoms with E-state index in [0.717, 1.165) is 11.0 Å². The molecule has 0 saturated heterocycles. The van der Waals surface area contributed by atoms with Crippen molar-refractivity contribution in [3.05, 3.63) is 84.4 Å². The molecule has 9 heteroatoms. The van der Waals surface area contributed by atoms with E-state index in [1.807, 2.05) is 28.8 Å². The Kier molecular flexibility index (Phi) is 6.20. The van der Waals surface area contributed by atoms with Crippen LogP contribution in [0.4, 0.5) is 11.6 Å². The topological polar surface area (TPSA) is 113 Å². The number of aryl methyl sites for hydroxylation is 1. The highest BCUT2D eigenvalue weighted by atomic mass is 32.2. The number of rotatable bonds is 8. The number of carbonyl (C=O) groups excluding carboxylic acids is 1. The molecule has 1 heterocycles. The van der Waals surface area contributed by atoms with Gasteiger partial charge >= 0.3 is 0 Å². The second-order valence-corrected chi connectivity index (χ2v) is 8.79. The highest BCUT2D eigenvalue weighted by Gasteiger charge is 2.17. The molecule has 0 radical (unpaired) electrons. The standard InChI is InChI=1S/C23H22N4O4S/c28-15-7-14-27-21-13-5-4-12-20(21)24-23(27)25-22(29)17-8-6-9-18(16-17)26-32(30,31)19-10-2-1-3-11-19/h1-6,8-13,16,26,28H,7,14-15H2,(H,24,25,29). The lowest BCUT2D eigenvalue weighted by molar-refractivity contribution is 0.102. The molecule has 32 heavy (non-hydrogen) atoms. The summed E-state index contributed by atoms with van der Waals surface area (Å²) in [5, 5.41) is 12.0. The van der Waals surface area contributed by atoms with Crippen LogP contribution in [-0.2, 0) is 16.6 Å². The fourth-order valence-electron chi connectivity index (χ4n) is 3.34. The fraction of sp³-hybridized carbons (Fsp3) is 0.130. The number of nitrogens with zero attached hydrogens (tertiary/aromatic N) is 2. The summed E-state index contributed by atoms with van der Waals surface area (Å²) in [5.74, 6) is -0.0637.